The van der Waals surface area contributed by atoms with Gasteiger partial charge < -0.3 is 9.84 Å². The van der Waals surface area contributed by atoms with Gasteiger partial charge in [-0.2, -0.15) is 0 Å². The van der Waals surface area contributed by atoms with E-state index in [1.165, 1.54) is 14.2 Å². The first kappa shape index (κ1) is 13.1. The standard InChI is InChI=1S/C4H6O2.C2H5NO3/c1-3-4(5)6-2;1-6-3-2(4)5/h3H,1H2,2H3;3H,1H3,(H,4,5). The fourth-order valence-corrected chi connectivity index (χ4v) is 0.171. The topological polar surface area (TPSA) is 84.9 Å². The van der Waals surface area contributed by atoms with Crippen LogP contribution in [0.15, 0.2) is 12.7 Å². The lowest BCUT2D eigenvalue weighted by Gasteiger charge is -1.88. The molecule has 1 amide bonds. The van der Waals surface area contributed by atoms with Crippen molar-refractivity contribution in [2.75, 3.05) is 14.2 Å². The van der Waals surface area contributed by atoms with Gasteiger partial charge in [0.2, 0.25) is 0 Å². The average Bonchev–Trinajstić information content (AvgIpc) is 2.04. The third kappa shape index (κ3) is 15.8. The van der Waals surface area contributed by atoms with E-state index in [4.69, 9.17) is 5.11 Å². The summed E-state index contributed by atoms with van der Waals surface area (Å²) in [5, 5.41) is 7.68. The zero-order chi connectivity index (χ0) is 9.98. The normalized spacial score (nSPS) is 7.17. The number of carboxylic acid groups (broad SMARTS) is 1. The van der Waals surface area contributed by atoms with Crippen molar-refractivity contribution in [1.82, 2.24) is 5.48 Å². The second-order valence-electron chi connectivity index (χ2n) is 1.34. The van der Waals surface area contributed by atoms with Crippen molar-refractivity contribution >= 4 is 12.1 Å². The molecule has 0 aliphatic carbocycles. The highest BCUT2D eigenvalue weighted by Gasteiger charge is 1.83. The number of methoxy groups -OCH3 is 1. The van der Waals surface area contributed by atoms with Crippen molar-refractivity contribution in [2.24, 2.45) is 0 Å². The van der Waals surface area contributed by atoms with Crippen LogP contribution in [0, 0.1) is 0 Å². The first-order chi connectivity index (χ1) is 5.58. The van der Waals surface area contributed by atoms with Crippen molar-refractivity contribution < 1.29 is 24.3 Å². The maximum Gasteiger partial charge on any atom is 0.428 e. The van der Waals surface area contributed by atoms with Crippen LogP contribution in [-0.4, -0.2) is 31.4 Å². The van der Waals surface area contributed by atoms with Crippen LogP contribution in [0.25, 0.3) is 0 Å². The highest BCUT2D eigenvalue weighted by Crippen LogP contribution is 1.67. The third-order valence-corrected chi connectivity index (χ3v) is 0.557. The number of amides is 1. The minimum absolute atomic E-state index is 0.394. The Labute approximate surface area is 69.7 Å². The van der Waals surface area contributed by atoms with Crippen molar-refractivity contribution in [3.05, 3.63) is 12.7 Å². The van der Waals surface area contributed by atoms with Crippen molar-refractivity contribution in [2.45, 2.75) is 0 Å². The van der Waals surface area contributed by atoms with Crippen LogP contribution in [0.2, 0.25) is 0 Å². The second-order valence-corrected chi connectivity index (χ2v) is 1.34. The quantitative estimate of drug-likeness (QED) is 0.356. The van der Waals surface area contributed by atoms with E-state index in [0.29, 0.717) is 0 Å². The monoisotopic (exact) mass is 177 g/mol. The van der Waals surface area contributed by atoms with E-state index < -0.39 is 12.1 Å². The van der Waals surface area contributed by atoms with E-state index in [0.717, 1.165) is 6.08 Å². The Morgan fingerprint density at radius 3 is 2.00 bits per heavy atom. The van der Waals surface area contributed by atoms with Crippen LogP contribution in [-0.2, 0) is 14.4 Å². The van der Waals surface area contributed by atoms with Crippen LogP contribution < -0.4 is 5.48 Å². The summed E-state index contributed by atoms with van der Waals surface area (Å²) in [4.78, 5) is 23.2. The molecule has 0 heterocycles. The SMILES string of the molecule is C=CC(=O)OC.CONC(=O)O. The molecule has 0 saturated carbocycles. The van der Waals surface area contributed by atoms with Crippen LogP contribution in [0.4, 0.5) is 4.79 Å². The fourth-order valence-electron chi connectivity index (χ4n) is 0.171. The van der Waals surface area contributed by atoms with Crippen LogP contribution >= 0.6 is 0 Å². The van der Waals surface area contributed by atoms with Gasteiger partial charge >= 0.3 is 12.1 Å². The summed E-state index contributed by atoms with van der Waals surface area (Å²) in [5.74, 6) is -0.394. The van der Waals surface area contributed by atoms with Gasteiger partial charge in [0, 0.05) is 6.08 Å². The van der Waals surface area contributed by atoms with Crippen molar-refractivity contribution in [1.29, 1.82) is 0 Å². The lowest BCUT2D eigenvalue weighted by atomic mass is 10.7. The summed E-state index contributed by atoms with van der Waals surface area (Å²) in [5.41, 5.74) is 1.62. The summed E-state index contributed by atoms with van der Waals surface area (Å²) in [6.45, 7) is 3.16. The van der Waals surface area contributed by atoms with Crippen LogP contribution in [0.5, 0.6) is 0 Å². The van der Waals surface area contributed by atoms with Gasteiger partial charge in [-0.15, -0.1) is 0 Å². The maximum atomic E-state index is 9.84. The van der Waals surface area contributed by atoms with Gasteiger partial charge in [-0.05, 0) is 0 Å². The predicted molar refractivity (Wildman–Crippen MR) is 40.4 cm³/mol. The first-order valence-corrected chi connectivity index (χ1v) is 2.80. The number of carbonyl (C=O) groups excluding carboxylic acids is 1. The molecular formula is C6H11NO5. The third-order valence-electron chi connectivity index (χ3n) is 0.557. The number of hydrogen-bond acceptors (Lipinski definition) is 4. The van der Waals surface area contributed by atoms with Gasteiger partial charge in [-0.25, -0.2) is 15.1 Å². The molecule has 0 aliphatic heterocycles. The Bertz CT molecular complexity index is 156. The Hall–Kier alpha value is -1.56. The number of ether oxygens (including phenoxy) is 1. The summed E-state index contributed by atoms with van der Waals surface area (Å²) in [7, 11) is 2.54. The van der Waals surface area contributed by atoms with Gasteiger partial charge in [0.1, 0.15) is 0 Å². The number of nitrogens with one attached hydrogen (secondary N) is 1. The smallest absolute Gasteiger partial charge is 0.428 e. The number of hydroxylamine groups is 1. The van der Waals surface area contributed by atoms with E-state index in [1.807, 2.05) is 0 Å². The molecule has 0 rings (SSSR count). The van der Waals surface area contributed by atoms with E-state index in [-0.39, 0.29) is 0 Å². The van der Waals surface area contributed by atoms with Crippen molar-refractivity contribution in [3.63, 3.8) is 0 Å². The molecule has 2 N–H and O–H groups in total. The highest BCUT2D eigenvalue weighted by molar-refractivity contribution is 5.80. The average molecular weight is 177 g/mol. The van der Waals surface area contributed by atoms with Gasteiger partial charge in [0.05, 0.1) is 14.2 Å². The molecule has 0 radical (unpaired) electrons. The molecule has 6 nitrogen and oxygen atoms in total. The second kappa shape index (κ2) is 9.44. The van der Waals surface area contributed by atoms with Gasteiger partial charge in [0.15, 0.2) is 0 Å². The lowest BCUT2D eigenvalue weighted by molar-refractivity contribution is -0.134. The molecule has 70 valence electrons. The Balaban J connectivity index is 0. The van der Waals surface area contributed by atoms with E-state index >= 15 is 0 Å². The maximum absolute atomic E-state index is 9.84. The Morgan fingerprint density at radius 2 is 2.00 bits per heavy atom. The minimum Gasteiger partial charge on any atom is -0.466 e. The molecule has 0 saturated heterocycles. The van der Waals surface area contributed by atoms with Crippen LogP contribution in [0.3, 0.4) is 0 Å². The zero-order valence-corrected chi connectivity index (χ0v) is 6.86. The summed E-state index contributed by atoms with van der Waals surface area (Å²) in [6, 6.07) is 0. The van der Waals surface area contributed by atoms with E-state index in [1.54, 1.807) is 5.48 Å². The zero-order valence-electron chi connectivity index (χ0n) is 6.86. The summed E-state index contributed by atoms with van der Waals surface area (Å²) in [6.07, 6.45) is -0.0718. The van der Waals surface area contributed by atoms with Gasteiger partial charge in [0.25, 0.3) is 0 Å². The molecule has 0 atom stereocenters. The molecule has 0 aromatic carbocycles. The predicted octanol–water partition coefficient (Wildman–Crippen LogP) is 0.161. The molecule has 0 bridgehead atoms. The van der Waals surface area contributed by atoms with Crippen LogP contribution in [0.1, 0.15) is 0 Å². The largest absolute Gasteiger partial charge is 0.466 e. The number of esters is 1. The van der Waals surface area contributed by atoms with E-state index in [9.17, 15) is 9.59 Å². The highest BCUT2D eigenvalue weighted by atomic mass is 16.7. The Kier molecular flexibility index (Phi) is 10.3. The van der Waals surface area contributed by atoms with E-state index in [2.05, 4.69) is 16.2 Å². The molecule has 0 aromatic heterocycles. The minimum atomic E-state index is -1.18. The molecule has 0 fully saturated rings. The van der Waals surface area contributed by atoms with Gasteiger partial charge in [-0.3, -0.25) is 4.84 Å². The Morgan fingerprint density at radius 1 is 1.50 bits per heavy atom. The lowest BCUT2D eigenvalue weighted by Crippen LogP contribution is -2.18. The van der Waals surface area contributed by atoms with Gasteiger partial charge in [-0.1, -0.05) is 6.58 Å². The molecule has 0 aliphatic rings. The fraction of sp³-hybridized carbons (Fsp3) is 0.333. The molecule has 0 spiro atoms. The molecule has 0 unspecified atom stereocenters. The first-order valence-electron chi connectivity index (χ1n) is 2.80. The molecule has 0 aromatic rings. The number of hydrogen-bond donors (Lipinski definition) is 2. The molecular weight excluding hydrogens is 166 g/mol. The summed E-state index contributed by atoms with van der Waals surface area (Å²) < 4.78 is 4.14. The number of rotatable bonds is 2. The molecule has 6 heteroatoms. The molecule has 12 heavy (non-hydrogen) atoms. The summed E-state index contributed by atoms with van der Waals surface area (Å²) >= 11 is 0. The number of carbonyl (C=O) groups is 2. The van der Waals surface area contributed by atoms with Crippen molar-refractivity contribution in [3.8, 4) is 0 Å².